The molecular formula is C16H32N4O. The van der Waals surface area contributed by atoms with Crippen molar-refractivity contribution in [1.82, 2.24) is 15.5 Å². The standard InChI is InChI=1S/C16H32N4O/c1-4-17-15(18-8-7-14-5-6-14)19-13-16(2,3)20-9-11-21-12-10-20/h14H,4-13H2,1-3H3,(H2,17,18,19). The number of nitrogens with one attached hydrogen (secondary N) is 2. The lowest BCUT2D eigenvalue weighted by Gasteiger charge is -2.39. The van der Waals surface area contributed by atoms with Crippen molar-refractivity contribution < 1.29 is 4.74 Å². The molecule has 0 aromatic carbocycles. The summed E-state index contributed by atoms with van der Waals surface area (Å²) in [5.41, 5.74) is 0.0859. The lowest BCUT2D eigenvalue weighted by atomic mass is 10.0. The van der Waals surface area contributed by atoms with E-state index in [9.17, 15) is 0 Å². The largest absolute Gasteiger partial charge is 0.379 e. The summed E-state index contributed by atoms with van der Waals surface area (Å²) in [5, 5.41) is 6.81. The minimum atomic E-state index is 0.0859. The molecule has 2 rings (SSSR count). The molecule has 2 aliphatic rings. The summed E-state index contributed by atoms with van der Waals surface area (Å²) in [4.78, 5) is 7.27. The first kappa shape index (κ1) is 16.6. The van der Waals surface area contributed by atoms with Crippen LogP contribution in [0.15, 0.2) is 4.99 Å². The summed E-state index contributed by atoms with van der Waals surface area (Å²) in [6, 6.07) is 0. The van der Waals surface area contributed by atoms with Crippen LogP contribution >= 0.6 is 0 Å². The van der Waals surface area contributed by atoms with Crippen molar-refractivity contribution in [3.05, 3.63) is 0 Å². The minimum Gasteiger partial charge on any atom is -0.379 e. The molecule has 0 atom stereocenters. The monoisotopic (exact) mass is 296 g/mol. The zero-order valence-electron chi connectivity index (χ0n) is 14.0. The van der Waals surface area contributed by atoms with E-state index in [4.69, 9.17) is 9.73 Å². The molecule has 21 heavy (non-hydrogen) atoms. The molecule has 0 aromatic rings. The first-order valence-corrected chi connectivity index (χ1v) is 8.47. The number of aliphatic imine (C=N–C) groups is 1. The number of guanidine groups is 1. The van der Waals surface area contributed by atoms with Gasteiger partial charge in [0.25, 0.3) is 0 Å². The number of rotatable bonds is 7. The third-order valence-electron chi connectivity index (χ3n) is 4.38. The maximum atomic E-state index is 5.44. The van der Waals surface area contributed by atoms with E-state index in [2.05, 4.69) is 36.3 Å². The van der Waals surface area contributed by atoms with Crippen LogP contribution in [0.25, 0.3) is 0 Å². The molecule has 0 amide bonds. The van der Waals surface area contributed by atoms with E-state index in [1.54, 1.807) is 0 Å². The fourth-order valence-electron chi connectivity index (χ4n) is 2.68. The smallest absolute Gasteiger partial charge is 0.191 e. The second kappa shape index (κ2) is 7.99. The van der Waals surface area contributed by atoms with Crippen molar-refractivity contribution in [3.8, 4) is 0 Å². The third kappa shape index (κ3) is 5.83. The van der Waals surface area contributed by atoms with Crippen LogP contribution in [-0.2, 0) is 4.74 Å². The lowest BCUT2D eigenvalue weighted by Crippen LogP contribution is -2.52. The normalized spacial score (nSPS) is 21.4. The Morgan fingerprint density at radius 1 is 1.24 bits per heavy atom. The Labute approximate surface area is 129 Å². The van der Waals surface area contributed by atoms with Crippen LogP contribution in [-0.4, -0.2) is 62.3 Å². The SMILES string of the molecule is CCNC(=NCC(C)(C)N1CCOCC1)NCCC1CC1. The van der Waals surface area contributed by atoms with Gasteiger partial charge < -0.3 is 15.4 Å². The molecular weight excluding hydrogens is 264 g/mol. The number of morpholine rings is 1. The van der Waals surface area contributed by atoms with Crippen LogP contribution < -0.4 is 10.6 Å². The maximum absolute atomic E-state index is 5.44. The molecule has 2 fully saturated rings. The molecule has 0 unspecified atom stereocenters. The van der Waals surface area contributed by atoms with Crippen molar-refractivity contribution >= 4 is 5.96 Å². The summed E-state index contributed by atoms with van der Waals surface area (Å²) in [6.07, 6.45) is 4.11. The van der Waals surface area contributed by atoms with E-state index < -0.39 is 0 Å². The molecule has 5 nitrogen and oxygen atoms in total. The Morgan fingerprint density at radius 3 is 2.57 bits per heavy atom. The van der Waals surface area contributed by atoms with Gasteiger partial charge in [-0.3, -0.25) is 9.89 Å². The molecule has 0 radical (unpaired) electrons. The highest BCUT2D eigenvalue weighted by Crippen LogP contribution is 2.31. The van der Waals surface area contributed by atoms with Crippen LogP contribution in [0.1, 0.15) is 40.0 Å². The van der Waals surface area contributed by atoms with Crippen LogP contribution in [0.4, 0.5) is 0 Å². The molecule has 0 aromatic heterocycles. The molecule has 0 spiro atoms. The van der Waals surface area contributed by atoms with Crippen molar-refractivity contribution in [2.75, 3.05) is 45.9 Å². The van der Waals surface area contributed by atoms with Gasteiger partial charge in [0.2, 0.25) is 0 Å². The second-order valence-electron chi connectivity index (χ2n) is 6.77. The summed E-state index contributed by atoms with van der Waals surface area (Å²) >= 11 is 0. The Balaban J connectivity index is 1.80. The number of hydrogen-bond acceptors (Lipinski definition) is 3. The van der Waals surface area contributed by atoms with Crippen LogP contribution in [0.5, 0.6) is 0 Å². The quantitative estimate of drug-likeness (QED) is 0.551. The van der Waals surface area contributed by atoms with Crippen LogP contribution in [0, 0.1) is 5.92 Å². The fraction of sp³-hybridized carbons (Fsp3) is 0.938. The van der Waals surface area contributed by atoms with Crippen molar-refractivity contribution in [2.45, 2.75) is 45.6 Å². The van der Waals surface area contributed by atoms with E-state index >= 15 is 0 Å². The van der Waals surface area contributed by atoms with Gasteiger partial charge in [0.05, 0.1) is 19.8 Å². The molecule has 1 heterocycles. The summed E-state index contributed by atoms with van der Waals surface area (Å²) in [7, 11) is 0. The number of hydrogen-bond donors (Lipinski definition) is 2. The highest BCUT2D eigenvalue weighted by Gasteiger charge is 2.28. The van der Waals surface area contributed by atoms with Gasteiger partial charge in [-0.2, -0.15) is 0 Å². The van der Waals surface area contributed by atoms with Gasteiger partial charge in [-0.25, -0.2) is 0 Å². The number of ether oxygens (including phenoxy) is 1. The van der Waals surface area contributed by atoms with E-state index in [0.717, 1.165) is 57.8 Å². The molecule has 122 valence electrons. The van der Waals surface area contributed by atoms with E-state index in [0.29, 0.717) is 0 Å². The first-order valence-electron chi connectivity index (χ1n) is 8.47. The number of nitrogens with zero attached hydrogens (tertiary/aromatic N) is 2. The van der Waals surface area contributed by atoms with Gasteiger partial charge in [-0.05, 0) is 33.1 Å². The van der Waals surface area contributed by atoms with Crippen molar-refractivity contribution in [3.63, 3.8) is 0 Å². The molecule has 1 saturated carbocycles. The average molecular weight is 296 g/mol. The minimum absolute atomic E-state index is 0.0859. The van der Waals surface area contributed by atoms with E-state index in [-0.39, 0.29) is 5.54 Å². The molecule has 1 saturated heterocycles. The van der Waals surface area contributed by atoms with Gasteiger partial charge in [0.15, 0.2) is 5.96 Å². The lowest BCUT2D eigenvalue weighted by molar-refractivity contribution is -0.00683. The van der Waals surface area contributed by atoms with Gasteiger partial charge >= 0.3 is 0 Å². The first-order chi connectivity index (χ1) is 10.1. The molecule has 2 N–H and O–H groups in total. The highest BCUT2D eigenvalue weighted by atomic mass is 16.5. The maximum Gasteiger partial charge on any atom is 0.191 e. The predicted molar refractivity (Wildman–Crippen MR) is 87.8 cm³/mol. The Bertz CT molecular complexity index is 333. The van der Waals surface area contributed by atoms with Crippen LogP contribution in [0.3, 0.4) is 0 Å². The Morgan fingerprint density at radius 2 is 1.95 bits per heavy atom. The zero-order valence-corrected chi connectivity index (χ0v) is 14.0. The van der Waals surface area contributed by atoms with Gasteiger partial charge in [0, 0.05) is 31.7 Å². The fourth-order valence-corrected chi connectivity index (χ4v) is 2.68. The van der Waals surface area contributed by atoms with Crippen LogP contribution in [0.2, 0.25) is 0 Å². The molecule has 1 aliphatic carbocycles. The third-order valence-corrected chi connectivity index (χ3v) is 4.38. The predicted octanol–water partition coefficient (Wildman–Crippen LogP) is 1.45. The van der Waals surface area contributed by atoms with Crippen molar-refractivity contribution in [1.29, 1.82) is 0 Å². The van der Waals surface area contributed by atoms with Gasteiger partial charge in [0.1, 0.15) is 0 Å². The topological polar surface area (TPSA) is 48.9 Å². The highest BCUT2D eigenvalue weighted by molar-refractivity contribution is 5.79. The van der Waals surface area contributed by atoms with Crippen molar-refractivity contribution in [2.24, 2.45) is 10.9 Å². The Hall–Kier alpha value is -0.810. The summed E-state index contributed by atoms with van der Waals surface area (Å²) < 4.78 is 5.44. The summed E-state index contributed by atoms with van der Waals surface area (Å²) in [6.45, 7) is 13.1. The Kier molecular flexibility index (Phi) is 6.30. The van der Waals surface area contributed by atoms with E-state index in [1.165, 1.54) is 19.3 Å². The summed E-state index contributed by atoms with van der Waals surface area (Å²) in [5.74, 6) is 1.92. The van der Waals surface area contributed by atoms with Gasteiger partial charge in [-0.1, -0.05) is 12.8 Å². The van der Waals surface area contributed by atoms with E-state index in [1.807, 2.05) is 0 Å². The van der Waals surface area contributed by atoms with Gasteiger partial charge in [-0.15, -0.1) is 0 Å². The average Bonchev–Trinajstić information content (AvgIpc) is 3.30. The molecule has 5 heteroatoms. The zero-order chi connectivity index (χ0) is 15.1. The second-order valence-corrected chi connectivity index (χ2v) is 6.77. The molecule has 1 aliphatic heterocycles. The molecule has 0 bridgehead atoms.